The molecule has 4 heteroatoms. The molecule has 0 aromatic heterocycles. The molecule has 1 aliphatic carbocycles. The first kappa shape index (κ1) is 5.91. The summed E-state index contributed by atoms with van der Waals surface area (Å²) < 4.78 is 30.6. The van der Waals surface area contributed by atoms with Crippen LogP contribution in [-0.4, -0.2) is 13.8 Å². The lowest BCUT2D eigenvalue weighted by molar-refractivity contribution is 0.304. The van der Waals surface area contributed by atoms with E-state index in [4.69, 9.17) is 4.55 Å². The van der Waals surface area contributed by atoms with Gasteiger partial charge >= 0.3 is 0 Å². The van der Waals surface area contributed by atoms with Gasteiger partial charge in [-0.05, 0) is 6.08 Å². The smallest absolute Gasteiger partial charge is 0.231 e. The van der Waals surface area contributed by atoms with Crippen molar-refractivity contribution in [3.8, 4) is 0 Å². The van der Waals surface area contributed by atoms with Crippen molar-refractivity contribution in [3.63, 3.8) is 0 Å². The number of hydrogen-bond donors (Lipinski definition) is 1. The Morgan fingerprint density at radius 2 is 2.38 bits per heavy atom. The third-order valence-electron chi connectivity index (χ3n) is 1.05. The molecule has 8 heavy (non-hydrogen) atoms. The summed E-state index contributed by atoms with van der Waals surface area (Å²) in [6.07, 6.45) is 2.69. The molecule has 2 atom stereocenters. The Morgan fingerprint density at radius 1 is 1.88 bits per heavy atom. The normalized spacial score (nSPS) is 38.8. The highest BCUT2D eigenvalue weighted by molar-refractivity contribution is 7.80. The van der Waals surface area contributed by atoms with Crippen LogP contribution in [0.4, 0.5) is 4.39 Å². The average Bonchev–Trinajstić information content (AvgIpc) is 1.60. The number of alkyl halides is 1. The highest BCUT2D eigenvalue weighted by Gasteiger charge is 2.37. The topological polar surface area (TPSA) is 37.3 Å². The van der Waals surface area contributed by atoms with E-state index in [1.54, 1.807) is 0 Å². The molecule has 0 bridgehead atoms. The Kier molecular flexibility index (Phi) is 1.21. The molecular weight excluding hydrogens is 131 g/mol. The molecular formula is C4H5FO2S. The van der Waals surface area contributed by atoms with Crippen molar-refractivity contribution in [1.29, 1.82) is 0 Å². The molecule has 0 spiro atoms. The predicted octanol–water partition coefficient (Wildman–Crippen LogP) is 0.834. The lowest BCUT2D eigenvalue weighted by Crippen LogP contribution is -2.30. The summed E-state index contributed by atoms with van der Waals surface area (Å²) >= 11 is -2.34. The van der Waals surface area contributed by atoms with E-state index in [9.17, 15) is 8.60 Å². The van der Waals surface area contributed by atoms with Crippen LogP contribution < -0.4 is 0 Å². The van der Waals surface area contributed by atoms with Crippen LogP contribution in [0.1, 0.15) is 6.42 Å². The fourth-order valence-corrected chi connectivity index (χ4v) is 0.884. The monoisotopic (exact) mass is 136 g/mol. The van der Waals surface area contributed by atoms with E-state index in [-0.39, 0.29) is 6.42 Å². The Balaban J connectivity index is 2.70. The van der Waals surface area contributed by atoms with Crippen LogP contribution in [-0.2, 0) is 11.1 Å². The van der Waals surface area contributed by atoms with E-state index < -0.39 is 16.1 Å². The zero-order valence-electron chi connectivity index (χ0n) is 4.00. The molecule has 46 valence electrons. The maximum atomic E-state index is 12.4. The fourth-order valence-electron chi connectivity index (χ4n) is 0.433. The molecule has 0 saturated heterocycles. The lowest BCUT2D eigenvalue weighted by atomic mass is 10.1. The van der Waals surface area contributed by atoms with Crippen LogP contribution in [0.25, 0.3) is 0 Å². The molecule has 0 aromatic rings. The van der Waals surface area contributed by atoms with Crippen molar-refractivity contribution in [3.05, 3.63) is 12.2 Å². The molecule has 2 unspecified atom stereocenters. The van der Waals surface area contributed by atoms with E-state index in [0.29, 0.717) is 0 Å². The highest BCUT2D eigenvalue weighted by atomic mass is 32.2. The van der Waals surface area contributed by atoms with Crippen molar-refractivity contribution < 1.29 is 13.2 Å². The predicted molar refractivity (Wildman–Crippen MR) is 28.4 cm³/mol. The second-order valence-electron chi connectivity index (χ2n) is 1.64. The summed E-state index contributed by atoms with van der Waals surface area (Å²) in [5.41, 5.74) is 0. The summed E-state index contributed by atoms with van der Waals surface area (Å²) in [4.78, 5) is 0. The zero-order valence-corrected chi connectivity index (χ0v) is 4.82. The van der Waals surface area contributed by atoms with Gasteiger partial charge in [-0.25, -0.2) is 8.60 Å². The summed E-state index contributed by atoms with van der Waals surface area (Å²) in [7, 11) is 0. The van der Waals surface area contributed by atoms with Gasteiger partial charge in [-0.3, -0.25) is 0 Å². The minimum atomic E-state index is -2.34. The summed E-state index contributed by atoms with van der Waals surface area (Å²) in [6, 6.07) is 0. The maximum absolute atomic E-state index is 12.4. The van der Waals surface area contributed by atoms with Gasteiger partial charge in [0.25, 0.3) is 0 Å². The Bertz CT molecular complexity index is 156. The molecule has 0 saturated carbocycles. The molecule has 0 aliphatic heterocycles. The SMILES string of the molecule is O=S(O)C1(F)C=CC1. The van der Waals surface area contributed by atoms with Crippen molar-refractivity contribution in [1.82, 2.24) is 0 Å². The van der Waals surface area contributed by atoms with E-state index in [1.807, 2.05) is 0 Å². The zero-order chi connectivity index (χ0) is 6.20. The molecule has 0 fully saturated rings. The second-order valence-corrected chi connectivity index (χ2v) is 2.82. The van der Waals surface area contributed by atoms with E-state index in [1.165, 1.54) is 6.08 Å². The van der Waals surface area contributed by atoms with Gasteiger partial charge in [0.15, 0.2) is 11.1 Å². The van der Waals surface area contributed by atoms with Gasteiger partial charge in [0.2, 0.25) is 5.00 Å². The van der Waals surface area contributed by atoms with Gasteiger partial charge in [0, 0.05) is 6.42 Å². The largest absolute Gasteiger partial charge is 0.303 e. The highest BCUT2D eigenvalue weighted by Crippen LogP contribution is 2.29. The van der Waals surface area contributed by atoms with Crippen LogP contribution in [0.2, 0.25) is 0 Å². The van der Waals surface area contributed by atoms with E-state index in [2.05, 4.69) is 0 Å². The number of hydrogen-bond acceptors (Lipinski definition) is 1. The molecule has 0 aromatic carbocycles. The van der Waals surface area contributed by atoms with Crippen molar-refractivity contribution in [2.75, 3.05) is 0 Å². The molecule has 2 nitrogen and oxygen atoms in total. The van der Waals surface area contributed by atoms with Crippen LogP contribution in [0.3, 0.4) is 0 Å². The van der Waals surface area contributed by atoms with Crippen LogP contribution in [0.5, 0.6) is 0 Å². The van der Waals surface area contributed by atoms with Crippen molar-refractivity contribution in [2.24, 2.45) is 0 Å². The molecule has 0 heterocycles. The van der Waals surface area contributed by atoms with Gasteiger partial charge < -0.3 is 4.55 Å². The molecule has 0 radical (unpaired) electrons. The number of allylic oxidation sites excluding steroid dienone is 1. The van der Waals surface area contributed by atoms with Gasteiger partial charge in [0.05, 0.1) is 0 Å². The molecule has 1 N–H and O–H groups in total. The van der Waals surface area contributed by atoms with Gasteiger partial charge in [-0.15, -0.1) is 0 Å². The van der Waals surface area contributed by atoms with Crippen molar-refractivity contribution >= 4 is 11.1 Å². The van der Waals surface area contributed by atoms with Gasteiger partial charge in [0.1, 0.15) is 0 Å². The van der Waals surface area contributed by atoms with Crippen LogP contribution in [0.15, 0.2) is 12.2 Å². The number of rotatable bonds is 1. The second kappa shape index (κ2) is 1.63. The fraction of sp³-hybridized carbons (Fsp3) is 0.500. The summed E-state index contributed by atoms with van der Waals surface area (Å²) in [5.74, 6) is 0. The third-order valence-corrected chi connectivity index (χ3v) is 1.94. The Hall–Kier alpha value is -0.220. The average molecular weight is 136 g/mol. The van der Waals surface area contributed by atoms with Crippen LogP contribution >= 0.6 is 0 Å². The number of halogens is 1. The standard InChI is InChI=1S/C4H5FO2S/c5-4(8(6)7)2-1-3-4/h1-2H,3H2,(H,6,7). The Morgan fingerprint density at radius 3 is 2.38 bits per heavy atom. The van der Waals surface area contributed by atoms with E-state index >= 15 is 0 Å². The quantitative estimate of drug-likeness (QED) is 0.428. The third kappa shape index (κ3) is 0.695. The maximum Gasteiger partial charge on any atom is 0.231 e. The Labute approximate surface area is 48.7 Å². The minimum absolute atomic E-state index is 0.0656. The lowest BCUT2D eigenvalue weighted by Gasteiger charge is -2.21. The minimum Gasteiger partial charge on any atom is -0.303 e. The molecule has 1 rings (SSSR count). The first-order valence-electron chi connectivity index (χ1n) is 2.13. The molecule has 1 aliphatic rings. The summed E-state index contributed by atoms with van der Waals surface area (Å²) in [5, 5.41) is -1.93. The van der Waals surface area contributed by atoms with Gasteiger partial charge in [-0.2, -0.15) is 0 Å². The van der Waals surface area contributed by atoms with Crippen molar-refractivity contribution in [2.45, 2.75) is 11.4 Å². The van der Waals surface area contributed by atoms with Crippen LogP contribution in [0, 0.1) is 0 Å². The molecule has 0 amide bonds. The summed E-state index contributed by atoms with van der Waals surface area (Å²) in [6.45, 7) is 0. The first-order valence-corrected chi connectivity index (χ1v) is 3.23. The van der Waals surface area contributed by atoms with Gasteiger partial charge in [-0.1, -0.05) is 6.08 Å². The van der Waals surface area contributed by atoms with E-state index in [0.717, 1.165) is 6.08 Å². The first-order chi connectivity index (χ1) is 3.65.